The summed E-state index contributed by atoms with van der Waals surface area (Å²) >= 11 is 4.98. The van der Waals surface area contributed by atoms with Crippen molar-refractivity contribution in [1.29, 1.82) is 0 Å². The molecule has 2 aliphatic rings. The molecular formula is C18H24N5O7PS. The number of anilines is 1. The number of nitrogens with one attached hydrogen (secondary N) is 1. The molecule has 0 aliphatic carbocycles. The number of imidazole rings is 1. The molecule has 0 saturated carbocycles. The molecule has 2 aromatic heterocycles. The fraction of sp³-hybridized carbons (Fsp3) is 0.611. The Morgan fingerprint density at radius 1 is 1.31 bits per heavy atom. The van der Waals surface area contributed by atoms with Crippen LogP contribution in [0.25, 0.3) is 11.2 Å². The summed E-state index contributed by atoms with van der Waals surface area (Å²) in [5, 5.41) is 2.73. The van der Waals surface area contributed by atoms with Crippen LogP contribution in [0, 0.1) is 0 Å². The SMILES string of the molecule is CCCC(=O)Nc1ncnc2c1ncn2[C@@H]1O[C@@H]2COP(O)(=S)O[C@H]2[C@H]1OC(=O)CCC. The number of nitrogens with zero attached hydrogens (tertiary/aromatic N) is 4. The lowest BCUT2D eigenvalue weighted by Crippen LogP contribution is -2.41. The minimum absolute atomic E-state index is 0.00326. The number of amides is 1. The van der Waals surface area contributed by atoms with Gasteiger partial charge in [0.05, 0.1) is 12.9 Å². The van der Waals surface area contributed by atoms with E-state index in [9.17, 15) is 14.5 Å². The number of aromatic nitrogens is 4. The third kappa shape index (κ3) is 4.68. The van der Waals surface area contributed by atoms with Crippen LogP contribution in [0.4, 0.5) is 5.82 Å². The maximum Gasteiger partial charge on any atom is 0.325 e. The van der Waals surface area contributed by atoms with Gasteiger partial charge >= 0.3 is 12.7 Å². The van der Waals surface area contributed by atoms with Gasteiger partial charge in [-0.3, -0.25) is 18.7 Å². The third-order valence-electron chi connectivity index (χ3n) is 5.03. The number of esters is 1. The lowest BCUT2D eigenvalue weighted by Gasteiger charge is -2.31. The van der Waals surface area contributed by atoms with Crippen molar-refractivity contribution in [3.63, 3.8) is 0 Å². The van der Waals surface area contributed by atoms with E-state index < -0.39 is 37.2 Å². The number of ether oxygens (including phenoxy) is 2. The van der Waals surface area contributed by atoms with Crippen LogP contribution >= 0.6 is 6.72 Å². The van der Waals surface area contributed by atoms with Crippen LogP contribution in [0.2, 0.25) is 0 Å². The van der Waals surface area contributed by atoms with Gasteiger partial charge in [-0.25, -0.2) is 15.0 Å². The van der Waals surface area contributed by atoms with Gasteiger partial charge in [0.15, 0.2) is 29.3 Å². The van der Waals surface area contributed by atoms with Gasteiger partial charge < -0.3 is 24.2 Å². The first-order valence-electron chi connectivity index (χ1n) is 10.3. The second-order valence-corrected chi connectivity index (χ2v) is 10.2. The Kier molecular flexibility index (Phi) is 6.84. The van der Waals surface area contributed by atoms with E-state index >= 15 is 0 Å². The highest BCUT2D eigenvalue weighted by Gasteiger charge is 2.54. The second-order valence-electron chi connectivity index (χ2n) is 7.45. The molecule has 174 valence electrons. The molecule has 4 rings (SSSR count). The molecule has 2 aromatic rings. The monoisotopic (exact) mass is 485 g/mol. The lowest BCUT2D eigenvalue weighted by molar-refractivity contribution is -0.158. The van der Waals surface area contributed by atoms with Crippen LogP contribution < -0.4 is 5.32 Å². The zero-order valence-electron chi connectivity index (χ0n) is 17.5. The molecule has 0 spiro atoms. The van der Waals surface area contributed by atoms with E-state index in [1.54, 1.807) is 4.57 Å². The number of carbonyl (C=O) groups excluding carboxylic acids is 2. The number of fused-ring (bicyclic) bond motifs is 2. The summed E-state index contributed by atoms with van der Waals surface area (Å²) in [6.07, 6.45) is 1.42. The van der Waals surface area contributed by atoms with Gasteiger partial charge in [0, 0.05) is 12.8 Å². The van der Waals surface area contributed by atoms with E-state index in [2.05, 4.69) is 20.3 Å². The van der Waals surface area contributed by atoms with Gasteiger partial charge in [-0.1, -0.05) is 13.8 Å². The van der Waals surface area contributed by atoms with E-state index in [0.29, 0.717) is 30.4 Å². The molecule has 32 heavy (non-hydrogen) atoms. The number of rotatable bonds is 7. The van der Waals surface area contributed by atoms with Crippen molar-refractivity contribution in [1.82, 2.24) is 19.5 Å². The van der Waals surface area contributed by atoms with E-state index in [0.717, 1.165) is 0 Å². The zero-order valence-corrected chi connectivity index (χ0v) is 19.3. The first kappa shape index (κ1) is 23.1. The highest BCUT2D eigenvalue weighted by atomic mass is 32.5. The Morgan fingerprint density at radius 2 is 2.09 bits per heavy atom. The molecule has 0 bridgehead atoms. The molecule has 2 N–H and O–H groups in total. The van der Waals surface area contributed by atoms with Gasteiger partial charge in [-0.05, 0) is 24.6 Å². The quantitative estimate of drug-likeness (QED) is 0.437. The van der Waals surface area contributed by atoms with Crippen molar-refractivity contribution in [3.8, 4) is 0 Å². The van der Waals surface area contributed by atoms with Crippen LogP contribution in [0.5, 0.6) is 0 Å². The highest BCUT2D eigenvalue weighted by molar-refractivity contribution is 8.07. The predicted octanol–water partition coefficient (Wildman–Crippen LogP) is 1.81. The Morgan fingerprint density at radius 3 is 2.84 bits per heavy atom. The van der Waals surface area contributed by atoms with Crippen LogP contribution in [-0.2, 0) is 39.9 Å². The first-order chi connectivity index (χ1) is 15.3. The Bertz CT molecular complexity index is 1070. The number of hydrogen-bond acceptors (Lipinski definition) is 10. The fourth-order valence-corrected chi connectivity index (χ4v) is 5.08. The van der Waals surface area contributed by atoms with Crippen molar-refractivity contribution in [3.05, 3.63) is 12.7 Å². The molecule has 2 aliphatic heterocycles. The minimum atomic E-state index is -3.47. The summed E-state index contributed by atoms with van der Waals surface area (Å²) < 4.78 is 24.1. The van der Waals surface area contributed by atoms with Crippen molar-refractivity contribution in [2.45, 2.75) is 64.1 Å². The Balaban J connectivity index is 1.68. The normalized spacial score (nSPS) is 29.6. The molecule has 0 radical (unpaired) electrons. The molecular weight excluding hydrogens is 461 g/mol. The minimum Gasteiger partial charge on any atom is -0.455 e. The zero-order chi connectivity index (χ0) is 22.9. The summed E-state index contributed by atoms with van der Waals surface area (Å²) in [6, 6.07) is 0. The van der Waals surface area contributed by atoms with Crippen molar-refractivity contribution in [2.24, 2.45) is 0 Å². The molecule has 1 amide bonds. The smallest absolute Gasteiger partial charge is 0.325 e. The van der Waals surface area contributed by atoms with E-state index in [-0.39, 0.29) is 24.8 Å². The molecule has 0 aromatic carbocycles. The molecule has 1 unspecified atom stereocenters. The predicted molar refractivity (Wildman–Crippen MR) is 115 cm³/mol. The largest absolute Gasteiger partial charge is 0.455 e. The van der Waals surface area contributed by atoms with E-state index in [1.165, 1.54) is 12.7 Å². The summed E-state index contributed by atoms with van der Waals surface area (Å²) in [5.74, 6) is -0.344. The number of hydrogen-bond donors (Lipinski definition) is 2. The topological polar surface area (TPSA) is 147 Å². The van der Waals surface area contributed by atoms with Gasteiger partial charge in [0.2, 0.25) is 5.91 Å². The lowest BCUT2D eigenvalue weighted by atomic mass is 10.1. The van der Waals surface area contributed by atoms with Gasteiger partial charge in [-0.2, -0.15) is 0 Å². The molecule has 2 fully saturated rings. The van der Waals surface area contributed by atoms with Crippen molar-refractivity contribution >= 4 is 47.4 Å². The van der Waals surface area contributed by atoms with Gasteiger partial charge in [0.25, 0.3) is 0 Å². The average Bonchev–Trinajstić information content (AvgIpc) is 3.30. The van der Waals surface area contributed by atoms with Crippen LogP contribution in [0.1, 0.15) is 45.8 Å². The molecule has 5 atom stereocenters. The maximum atomic E-state index is 12.3. The van der Waals surface area contributed by atoms with Crippen LogP contribution in [0.15, 0.2) is 12.7 Å². The summed E-state index contributed by atoms with van der Waals surface area (Å²) in [5.41, 5.74) is 0.731. The van der Waals surface area contributed by atoms with Crippen LogP contribution in [-0.4, -0.2) is 61.2 Å². The summed E-state index contributed by atoms with van der Waals surface area (Å²) in [4.78, 5) is 47.2. The van der Waals surface area contributed by atoms with E-state index in [4.69, 9.17) is 30.3 Å². The average molecular weight is 485 g/mol. The standard InChI is InChI=1S/C18H24N5O7PS/c1-3-5-11(24)22-16-13-17(20-8-19-16)23(9-21-13)18-15(29-12(25)6-4-2)14-10(28-18)7-27-31(26,32)30-14/h8-10,14-15,18H,3-7H2,1-2H3,(H,26,32)(H,19,20,22,24)/t10-,14-,15-,18-,31?/m1/s1. The number of carbonyl (C=O) groups is 2. The highest BCUT2D eigenvalue weighted by Crippen LogP contribution is 2.53. The fourth-order valence-electron chi connectivity index (χ4n) is 3.64. The van der Waals surface area contributed by atoms with Gasteiger partial charge in [-0.15, -0.1) is 0 Å². The Hall–Kier alpha value is -2.02. The third-order valence-corrected chi connectivity index (χ3v) is 6.59. The maximum absolute atomic E-state index is 12.3. The molecule has 14 heteroatoms. The first-order valence-corrected chi connectivity index (χ1v) is 12.9. The molecule has 4 heterocycles. The van der Waals surface area contributed by atoms with E-state index in [1.807, 2.05) is 13.8 Å². The second kappa shape index (κ2) is 9.46. The van der Waals surface area contributed by atoms with Crippen molar-refractivity contribution in [2.75, 3.05) is 11.9 Å². The summed E-state index contributed by atoms with van der Waals surface area (Å²) in [7, 11) is 0. The van der Waals surface area contributed by atoms with Crippen molar-refractivity contribution < 1.29 is 33.0 Å². The summed E-state index contributed by atoms with van der Waals surface area (Å²) in [6.45, 7) is 0.288. The molecule has 12 nitrogen and oxygen atoms in total. The van der Waals surface area contributed by atoms with Crippen LogP contribution in [0.3, 0.4) is 0 Å². The Labute approximate surface area is 188 Å². The molecule has 2 saturated heterocycles. The van der Waals surface area contributed by atoms with Gasteiger partial charge in [0.1, 0.15) is 18.5 Å².